The van der Waals surface area contributed by atoms with Gasteiger partial charge >= 0.3 is 0 Å². The van der Waals surface area contributed by atoms with E-state index in [1.165, 1.54) is 11.1 Å². The minimum atomic E-state index is -0.919. The summed E-state index contributed by atoms with van der Waals surface area (Å²) in [7, 11) is 0. The molecule has 4 rings (SSSR count). The summed E-state index contributed by atoms with van der Waals surface area (Å²) < 4.78 is 0. The highest BCUT2D eigenvalue weighted by Crippen LogP contribution is 2.64. The van der Waals surface area contributed by atoms with Gasteiger partial charge < -0.3 is 10.2 Å². The molecular weight excluding hydrogens is 272 g/mol. The van der Waals surface area contributed by atoms with Crippen molar-refractivity contribution >= 4 is 0 Å². The molecule has 0 aliphatic heterocycles. The Kier molecular flexibility index (Phi) is 2.91. The molecule has 0 aromatic heterocycles. The Balaban J connectivity index is 1.72. The molecule has 3 aliphatic carbocycles. The molecule has 3 aliphatic rings. The van der Waals surface area contributed by atoms with E-state index in [9.17, 15) is 10.2 Å². The lowest BCUT2D eigenvalue weighted by molar-refractivity contribution is -0.0646. The van der Waals surface area contributed by atoms with Crippen LogP contribution in [0, 0.1) is 29.6 Å². The molecule has 1 aromatic carbocycles. The number of benzene rings is 1. The van der Waals surface area contributed by atoms with Gasteiger partial charge in [-0.25, -0.2) is 0 Å². The second-order valence-corrected chi connectivity index (χ2v) is 7.80. The zero-order chi connectivity index (χ0) is 15.5. The van der Waals surface area contributed by atoms with Gasteiger partial charge in [0.25, 0.3) is 0 Å². The summed E-state index contributed by atoms with van der Waals surface area (Å²) in [6.45, 7) is 2.22. The van der Waals surface area contributed by atoms with Crippen LogP contribution in [-0.2, 0) is 6.42 Å². The number of hydrogen-bond acceptors (Lipinski definition) is 2. The molecule has 2 fully saturated rings. The Labute approximate surface area is 132 Å². The number of hydrogen-bond donors (Lipinski definition) is 2. The Morgan fingerprint density at radius 3 is 2.82 bits per heavy atom. The van der Waals surface area contributed by atoms with Gasteiger partial charge in [0.1, 0.15) is 11.4 Å². The second kappa shape index (κ2) is 4.52. The predicted molar refractivity (Wildman–Crippen MR) is 86.5 cm³/mol. The molecule has 0 saturated heterocycles. The number of phenolic OH excluding ortho intramolecular Hbond substituents is 1. The van der Waals surface area contributed by atoms with Crippen LogP contribution in [0.4, 0.5) is 0 Å². The molecule has 1 aromatic rings. The molecule has 5 atom stereocenters. The number of fused-ring (bicyclic) bond motifs is 5. The zero-order valence-corrected chi connectivity index (χ0v) is 13.2. The van der Waals surface area contributed by atoms with E-state index in [1.807, 2.05) is 12.1 Å². The molecule has 0 bridgehead atoms. The largest absolute Gasteiger partial charge is 0.508 e. The summed E-state index contributed by atoms with van der Waals surface area (Å²) in [4.78, 5) is 0. The zero-order valence-electron chi connectivity index (χ0n) is 13.2. The highest BCUT2D eigenvalue weighted by molar-refractivity contribution is 5.40. The Hall–Kier alpha value is -1.46. The normalized spacial score (nSPS) is 42.9. The van der Waals surface area contributed by atoms with Crippen LogP contribution in [0.15, 0.2) is 18.2 Å². The van der Waals surface area contributed by atoms with E-state index in [0.29, 0.717) is 23.5 Å². The first-order chi connectivity index (χ1) is 10.5. The second-order valence-electron chi connectivity index (χ2n) is 7.80. The average molecular weight is 296 g/mol. The molecule has 0 spiro atoms. The van der Waals surface area contributed by atoms with Crippen molar-refractivity contribution in [2.45, 2.75) is 57.0 Å². The maximum Gasteiger partial charge on any atom is 0.130 e. The molecular formula is C20H24O2. The van der Waals surface area contributed by atoms with Crippen LogP contribution in [0.2, 0.25) is 0 Å². The third kappa shape index (κ3) is 1.66. The first-order valence-electron chi connectivity index (χ1n) is 8.50. The molecule has 0 heterocycles. The fraction of sp³-hybridized carbons (Fsp3) is 0.600. The Morgan fingerprint density at radius 2 is 2.05 bits per heavy atom. The van der Waals surface area contributed by atoms with Gasteiger partial charge in [-0.1, -0.05) is 18.9 Å². The van der Waals surface area contributed by atoms with Crippen LogP contribution < -0.4 is 0 Å². The molecule has 2 N–H and O–H groups in total. The van der Waals surface area contributed by atoms with Crippen LogP contribution in [0.25, 0.3) is 0 Å². The topological polar surface area (TPSA) is 40.5 Å². The fourth-order valence-electron chi connectivity index (χ4n) is 5.82. The van der Waals surface area contributed by atoms with Crippen molar-refractivity contribution in [1.82, 2.24) is 0 Å². The first kappa shape index (κ1) is 14.2. The molecule has 0 radical (unpaired) electrons. The SMILES string of the molecule is C#C[C@@]1(O)CC[C@H]2[C@H]3CCc4cc(O)ccc4[C@@H]3CC[C@]21C. The van der Waals surface area contributed by atoms with Gasteiger partial charge in [-0.15, -0.1) is 6.42 Å². The smallest absolute Gasteiger partial charge is 0.130 e. The monoisotopic (exact) mass is 296 g/mol. The summed E-state index contributed by atoms with van der Waals surface area (Å²) in [5.41, 5.74) is 1.69. The first-order valence-corrected chi connectivity index (χ1v) is 8.50. The lowest BCUT2D eigenvalue weighted by atomic mass is 9.53. The van der Waals surface area contributed by atoms with Crippen LogP contribution in [0.3, 0.4) is 0 Å². The molecule has 116 valence electrons. The molecule has 2 saturated carbocycles. The maximum absolute atomic E-state index is 10.9. The van der Waals surface area contributed by atoms with Crippen molar-refractivity contribution in [2.24, 2.45) is 17.3 Å². The number of terminal acetylenes is 1. The van der Waals surface area contributed by atoms with Crippen molar-refractivity contribution in [2.75, 3.05) is 0 Å². The Bertz CT molecular complexity index is 658. The molecule has 0 unspecified atom stereocenters. The number of phenols is 1. The molecule has 2 nitrogen and oxygen atoms in total. The van der Waals surface area contributed by atoms with E-state index in [2.05, 4.69) is 18.9 Å². The van der Waals surface area contributed by atoms with Crippen molar-refractivity contribution in [3.63, 3.8) is 0 Å². The summed E-state index contributed by atoms with van der Waals surface area (Å²) in [6.07, 6.45) is 11.8. The van der Waals surface area contributed by atoms with Gasteiger partial charge in [0, 0.05) is 5.41 Å². The lowest BCUT2D eigenvalue weighted by Gasteiger charge is -2.52. The summed E-state index contributed by atoms with van der Waals surface area (Å²) in [5, 5.41) is 20.6. The third-order valence-electron chi connectivity index (χ3n) is 7.10. The molecule has 0 amide bonds. The standard InChI is InChI=1S/C20H24O2/c1-3-20(22)11-9-18-17-6-4-13-12-14(21)5-7-15(13)16(17)8-10-19(18,20)2/h1,5,7,12,16-18,21-22H,4,6,8-11H2,2H3/t16-,17-,18-,19+,20+/m0/s1. The lowest BCUT2D eigenvalue weighted by Crippen LogP contribution is -2.50. The van der Waals surface area contributed by atoms with Gasteiger partial charge in [-0.2, -0.15) is 0 Å². The highest BCUT2D eigenvalue weighted by atomic mass is 16.3. The number of rotatable bonds is 0. The van der Waals surface area contributed by atoms with Gasteiger partial charge in [-0.05, 0) is 79.5 Å². The minimum Gasteiger partial charge on any atom is -0.508 e. The van der Waals surface area contributed by atoms with Gasteiger partial charge in [0.2, 0.25) is 0 Å². The number of aryl methyl sites for hydroxylation is 1. The van der Waals surface area contributed by atoms with E-state index in [1.54, 1.807) is 0 Å². The third-order valence-corrected chi connectivity index (χ3v) is 7.10. The van der Waals surface area contributed by atoms with Crippen LogP contribution in [-0.4, -0.2) is 15.8 Å². The maximum atomic E-state index is 10.9. The van der Waals surface area contributed by atoms with Gasteiger partial charge in [0.15, 0.2) is 0 Å². The highest BCUT2D eigenvalue weighted by Gasteiger charge is 2.61. The average Bonchev–Trinajstić information content (AvgIpc) is 2.79. The fourth-order valence-corrected chi connectivity index (χ4v) is 5.82. The molecule has 22 heavy (non-hydrogen) atoms. The van der Waals surface area contributed by atoms with Crippen molar-refractivity contribution in [1.29, 1.82) is 0 Å². The van der Waals surface area contributed by atoms with Gasteiger partial charge in [-0.3, -0.25) is 0 Å². The summed E-state index contributed by atoms with van der Waals surface area (Å²) in [6, 6.07) is 5.87. The minimum absolute atomic E-state index is 0.128. The van der Waals surface area contributed by atoms with Gasteiger partial charge in [0.05, 0.1) is 0 Å². The quantitative estimate of drug-likeness (QED) is 0.718. The van der Waals surface area contributed by atoms with E-state index in [4.69, 9.17) is 6.42 Å². The van der Waals surface area contributed by atoms with Crippen LogP contribution >= 0.6 is 0 Å². The predicted octanol–water partition coefficient (Wildman–Crippen LogP) is 3.61. The van der Waals surface area contributed by atoms with Crippen LogP contribution in [0.5, 0.6) is 5.75 Å². The van der Waals surface area contributed by atoms with Crippen molar-refractivity contribution in [3.8, 4) is 18.1 Å². The Morgan fingerprint density at radius 1 is 1.23 bits per heavy atom. The number of aliphatic hydroxyl groups is 1. The van der Waals surface area contributed by atoms with Crippen molar-refractivity contribution in [3.05, 3.63) is 29.3 Å². The van der Waals surface area contributed by atoms with E-state index in [-0.39, 0.29) is 5.41 Å². The van der Waals surface area contributed by atoms with E-state index < -0.39 is 5.60 Å². The summed E-state index contributed by atoms with van der Waals surface area (Å²) >= 11 is 0. The number of aromatic hydroxyl groups is 1. The van der Waals surface area contributed by atoms with Crippen LogP contribution in [0.1, 0.15) is 56.1 Å². The van der Waals surface area contributed by atoms with Crippen molar-refractivity contribution < 1.29 is 10.2 Å². The van der Waals surface area contributed by atoms with E-state index in [0.717, 1.165) is 38.5 Å². The summed E-state index contributed by atoms with van der Waals surface area (Å²) in [5.74, 6) is 4.82. The van der Waals surface area contributed by atoms with E-state index >= 15 is 0 Å². The molecule has 2 heteroatoms.